The number of ether oxygens (including phenoxy) is 1. The minimum absolute atomic E-state index is 0.245. The molecule has 1 N–H and O–H groups in total. The summed E-state index contributed by atoms with van der Waals surface area (Å²) in [5, 5.41) is 12.9. The van der Waals surface area contributed by atoms with E-state index in [0.29, 0.717) is 21.3 Å². The Labute approximate surface area is 171 Å². The molecule has 0 radical (unpaired) electrons. The molecule has 0 spiro atoms. The van der Waals surface area contributed by atoms with Gasteiger partial charge in [0.1, 0.15) is 11.6 Å². The molecule has 2 rings (SSSR count). The molecule has 138 valence electrons. The number of benzene rings is 2. The van der Waals surface area contributed by atoms with E-state index in [1.165, 1.54) is 25.1 Å². The summed E-state index contributed by atoms with van der Waals surface area (Å²) in [5.74, 6) is -1.52. The second-order valence-electron chi connectivity index (χ2n) is 5.38. The van der Waals surface area contributed by atoms with Crippen molar-refractivity contribution < 1.29 is 14.3 Å². The first kappa shape index (κ1) is 20.8. The Morgan fingerprint density at radius 1 is 1.11 bits per heavy atom. The molecule has 0 fully saturated rings. The topological polar surface area (TPSA) is 79.2 Å². The van der Waals surface area contributed by atoms with Gasteiger partial charge in [-0.2, -0.15) is 5.26 Å². The van der Waals surface area contributed by atoms with Crippen LogP contribution in [0, 0.1) is 11.3 Å². The molecule has 5 nitrogen and oxygen atoms in total. The maximum absolute atomic E-state index is 12.2. The highest BCUT2D eigenvalue weighted by atomic mass is 35.5. The molecule has 0 heterocycles. The molecule has 27 heavy (non-hydrogen) atoms. The Hall–Kier alpha value is -2.52. The number of rotatable bonds is 5. The molecule has 0 saturated heterocycles. The van der Waals surface area contributed by atoms with Crippen LogP contribution in [0.3, 0.4) is 0 Å². The number of nitrogens with zero attached hydrogens (tertiary/aromatic N) is 1. The summed E-state index contributed by atoms with van der Waals surface area (Å²) in [4.78, 5) is 24.4. The molecule has 0 saturated carbocycles. The molecule has 0 bridgehead atoms. The first-order valence-electron chi connectivity index (χ1n) is 7.64. The van der Waals surface area contributed by atoms with Gasteiger partial charge >= 0.3 is 5.97 Å². The van der Waals surface area contributed by atoms with Gasteiger partial charge < -0.3 is 10.1 Å². The quantitative estimate of drug-likeness (QED) is 0.411. The van der Waals surface area contributed by atoms with Gasteiger partial charge in [-0.1, -0.05) is 46.9 Å². The van der Waals surface area contributed by atoms with Crippen LogP contribution in [-0.4, -0.2) is 18.0 Å². The number of halogens is 3. The zero-order chi connectivity index (χ0) is 20.0. The van der Waals surface area contributed by atoms with Gasteiger partial charge in [0.15, 0.2) is 6.10 Å². The maximum Gasteiger partial charge on any atom is 0.349 e. The molecule has 0 aliphatic carbocycles. The fourth-order valence-corrected chi connectivity index (χ4v) is 2.55. The van der Waals surface area contributed by atoms with Crippen LogP contribution in [0.15, 0.2) is 48.0 Å². The number of anilines is 1. The summed E-state index contributed by atoms with van der Waals surface area (Å²) >= 11 is 17.6. The van der Waals surface area contributed by atoms with Crippen LogP contribution in [0.5, 0.6) is 0 Å². The molecule has 0 aliphatic rings. The van der Waals surface area contributed by atoms with Crippen molar-refractivity contribution in [2.24, 2.45) is 0 Å². The lowest BCUT2D eigenvalue weighted by molar-refractivity contribution is -0.148. The molecule has 0 aromatic heterocycles. The van der Waals surface area contributed by atoms with Crippen molar-refractivity contribution in [3.05, 3.63) is 68.7 Å². The van der Waals surface area contributed by atoms with E-state index in [0.717, 1.165) is 0 Å². The molecule has 2 aromatic carbocycles. The van der Waals surface area contributed by atoms with Crippen molar-refractivity contribution in [2.45, 2.75) is 13.0 Å². The van der Waals surface area contributed by atoms with Gasteiger partial charge in [0, 0.05) is 10.0 Å². The van der Waals surface area contributed by atoms with Gasteiger partial charge in [0.2, 0.25) is 0 Å². The summed E-state index contributed by atoms with van der Waals surface area (Å²) < 4.78 is 5.06. The molecular formula is C19H13Cl3N2O3. The van der Waals surface area contributed by atoms with Crippen LogP contribution in [-0.2, 0) is 14.3 Å². The summed E-state index contributed by atoms with van der Waals surface area (Å²) in [6.07, 6.45) is 0.200. The van der Waals surface area contributed by atoms with Crippen LogP contribution in [0.2, 0.25) is 15.1 Å². The third-order valence-electron chi connectivity index (χ3n) is 3.36. The Morgan fingerprint density at radius 2 is 1.74 bits per heavy atom. The van der Waals surface area contributed by atoms with E-state index >= 15 is 0 Å². The third-order valence-corrected chi connectivity index (χ3v) is 4.16. The SMILES string of the molecule is C[C@H](OC(=O)/C(C#N)=C/c1ccc(Cl)cc1)C(=O)Nc1ccc(Cl)cc1Cl. The third kappa shape index (κ3) is 6.00. The van der Waals surface area contributed by atoms with E-state index in [2.05, 4.69) is 5.32 Å². The van der Waals surface area contributed by atoms with Crippen molar-refractivity contribution in [3.63, 3.8) is 0 Å². The van der Waals surface area contributed by atoms with E-state index in [-0.39, 0.29) is 10.6 Å². The monoisotopic (exact) mass is 422 g/mol. The Bertz CT molecular complexity index is 934. The number of carbonyl (C=O) groups is 2. The molecule has 1 amide bonds. The van der Waals surface area contributed by atoms with Crippen molar-refractivity contribution in [3.8, 4) is 6.07 Å². The number of hydrogen-bond donors (Lipinski definition) is 1. The van der Waals surface area contributed by atoms with Crippen LogP contribution in [0.25, 0.3) is 6.08 Å². The lowest BCUT2D eigenvalue weighted by Crippen LogP contribution is -2.30. The summed E-state index contributed by atoms with van der Waals surface area (Å²) in [7, 11) is 0. The van der Waals surface area contributed by atoms with E-state index in [1.807, 2.05) is 0 Å². The summed E-state index contributed by atoms with van der Waals surface area (Å²) in [6.45, 7) is 1.38. The van der Waals surface area contributed by atoms with Crippen molar-refractivity contribution in [1.29, 1.82) is 5.26 Å². The van der Waals surface area contributed by atoms with Gasteiger partial charge in [-0.05, 0) is 48.9 Å². The lowest BCUT2D eigenvalue weighted by atomic mass is 10.1. The summed E-state index contributed by atoms with van der Waals surface area (Å²) in [6, 6.07) is 12.9. The average Bonchev–Trinajstić information content (AvgIpc) is 2.63. The highest BCUT2D eigenvalue weighted by Gasteiger charge is 2.21. The van der Waals surface area contributed by atoms with Gasteiger partial charge in [0.25, 0.3) is 5.91 Å². The minimum atomic E-state index is -1.15. The number of esters is 1. The Balaban J connectivity index is 2.05. The highest BCUT2D eigenvalue weighted by molar-refractivity contribution is 6.36. The minimum Gasteiger partial charge on any atom is -0.448 e. The average molecular weight is 424 g/mol. The first-order valence-corrected chi connectivity index (χ1v) is 8.78. The smallest absolute Gasteiger partial charge is 0.349 e. The van der Waals surface area contributed by atoms with Crippen LogP contribution in [0.4, 0.5) is 5.69 Å². The van der Waals surface area contributed by atoms with Crippen LogP contribution < -0.4 is 5.32 Å². The van der Waals surface area contributed by atoms with Crippen molar-refractivity contribution in [2.75, 3.05) is 5.32 Å². The van der Waals surface area contributed by atoms with Gasteiger partial charge in [-0.3, -0.25) is 4.79 Å². The second kappa shape index (κ2) is 9.43. The maximum atomic E-state index is 12.2. The summed E-state index contributed by atoms with van der Waals surface area (Å²) in [5.41, 5.74) is 0.672. The molecule has 0 unspecified atom stereocenters. The van der Waals surface area contributed by atoms with E-state index in [9.17, 15) is 14.9 Å². The predicted octanol–water partition coefficient (Wildman–Crippen LogP) is 5.12. The molecule has 2 aromatic rings. The zero-order valence-corrected chi connectivity index (χ0v) is 16.3. The predicted molar refractivity (Wildman–Crippen MR) is 106 cm³/mol. The Kier molecular flexibility index (Phi) is 7.26. The standard InChI is InChI=1S/C19H13Cl3N2O3/c1-11(18(25)24-17-7-6-15(21)9-16(17)22)27-19(26)13(10-23)8-12-2-4-14(20)5-3-12/h2-9,11H,1H3,(H,24,25)/b13-8+/t11-/m0/s1. The van der Waals surface area contributed by atoms with Gasteiger partial charge in [-0.15, -0.1) is 0 Å². The number of amides is 1. The number of hydrogen-bond acceptors (Lipinski definition) is 4. The van der Waals surface area contributed by atoms with Crippen molar-refractivity contribution >= 4 is 58.4 Å². The fraction of sp³-hybridized carbons (Fsp3) is 0.105. The van der Waals surface area contributed by atoms with E-state index in [1.54, 1.807) is 36.4 Å². The van der Waals surface area contributed by atoms with E-state index in [4.69, 9.17) is 39.5 Å². The zero-order valence-electron chi connectivity index (χ0n) is 14.0. The molecule has 1 atom stereocenters. The number of nitrogens with one attached hydrogen (secondary N) is 1. The normalized spacial score (nSPS) is 12.0. The van der Waals surface area contributed by atoms with Gasteiger partial charge in [-0.25, -0.2) is 4.79 Å². The van der Waals surface area contributed by atoms with Crippen molar-refractivity contribution in [1.82, 2.24) is 0 Å². The van der Waals surface area contributed by atoms with Crippen LogP contribution in [0.1, 0.15) is 12.5 Å². The highest BCUT2D eigenvalue weighted by Crippen LogP contribution is 2.25. The lowest BCUT2D eigenvalue weighted by Gasteiger charge is -2.14. The first-order chi connectivity index (χ1) is 12.8. The number of nitriles is 1. The number of carbonyl (C=O) groups excluding carboxylic acids is 2. The molecule has 0 aliphatic heterocycles. The molecule has 8 heteroatoms. The fourth-order valence-electron chi connectivity index (χ4n) is 1.97. The largest absolute Gasteiger partial charge is 0.448 e. The Morgan fingerprint density at radius 3 is 2.33 bits per heavy atom. The van der Waals surface area contributed by atoms with Gasteiger partial charge in [0.05, 0.1) is 10.7 Å². The second-order valence-corrected chi connectivity index (χ2v) is 6.66. The molecular weight excluding hydrogens is 411 g/mol. The van der Waals surface area contributed by atoms with E-state index < -0.39 is 18.0 Å². The van der Waals surface area contributed by atoms with Crippen LogP contribution >= 0.6 is 34.8 Å².